The lowest BCUT2D eigenvalue weighted by atomic mass is 10.1. The summed E-state index contributed by atoms with van der Waals surface area (Å²) in [6.45, 7) is 3.96. The van der Waals surface area contributed by atoms with Gasteiger partial charge in [-0.25, -0.2) is 9.89 Å². The van der Waals surface area contributed by atoms with Gasteiger partial charge in [0.2, 0.25) is 5.91 Å². The van der Waals surface area contributed by atoms with Crippen LogP contribution in [0.3, 0.4) is 0 Å². The molecular weight excluding hydrogens is 372 g/mol. The maximum atomic E-state index is 13.0. The van der Waals surface area contributed by atoms with Gasteiger partial charge >= 0.3 is 0 Å². The molecule has 0 fully saturated rings. The molecule has 0 aromatic heterocycles. The first kappa shape index (κ1) is 18.4. The first-order valence-corrected chi connectivity index (χ1v) is 10.1. The van der Waals surface area contributed by atoms with E-state index in [0.717, 1.165) is 16.9 Å². The van der Waals surface area contributed by atoms with E-state index >= 15 is 0 Å². The number of anilines is 1. The molecule has 2 aliphatic rings. The summed E-state index contributed by atoms with van der Waals surface area (Å²) in [4.78, 5) is 36.2. The van der Waals surface area contributed by atoms with E-state index in [4.69, 9.17) is 0 Å². The van der Waals surface area contributed by atoms with Crippen LogP contribution in [-0.4, -0.2) is 39.5 Å². The number of carbonyl (C=O) groups excluding carboxylic acids is 2. The molecule has 0 radical (unpaired) electrons. The lowest BCUT2D eigenvalue weighted by molar-refractivity contribution is -0.125. The van der Waals surface area contributed by atoms with E-state index in [1.54, 1.807) is 4.90 Å². The number of nitrogens with zero attached hydrogens (tertiary/aromatic N) is 3. The Hall–Kier alpha value is -2.93. The Balaban J connectivity index is 1.57. The van der Waals surface area contributed by atoms with Gasteiger partial charge in [-0.2, -0.15) is 0 Å². The zero-order valence-electron chi connectivity index (χ0n) is 15.6. The number of hydrogen-bond donors (Lipinski definition) is 1. The van der Waals surface area contributed by atoms with Gasteiger partial charge in [0.15, 0.2) is 5.17 Å². The summed E-state index contributed by atoms with van der Waals surface area (Å²) in [5, 5.41) is 3.34. The van der Waals surface area contributed by atoms with E-state index in [1.165, 1.54) is 11.8 Å². The third-order valence-electron chi connectivity index (χ3n) is 4.52. The van der Waals surface area contributed by atoms with Gasteiger partial charge in [0.1, 0.15) is 11.9 Å². The second-order valence-electron chi connectivity index (χ2n) is 6.93. The molecule has 2 amide bonds. The van der Waals surface area contributed by atoms with E-state index in [1.807, 2.05) is 68.4 Å². The van der Waals surface area contributed by atoms with Gasteiger partial charge in [0.05, 0.1) is 11.4 Å². The fourth-order valence-corrected chi connectivity index (χ4v) is 3.95. The molecule has 2 heterocycles. The van der Waals surface area contributed by atoms with Gasteiger partial charge in [0.25, 0.3) is 5.91 Å². The SMILES string of the molecule is CC(C)C1N=C2c3ccccc3N=C(SCC(=O)Nc3ccccc3)N2C1=O. The molecule has 4 rings (SSSR count). The number of benzene rings is 2. The van der Waals surface area contributed by atoms with Gasteiger partial charge in [-0.15, -0.1) is 0 Å². The van der Waals surface area contributed by atoms with E-state index in [0.29, 0.717) is 11.0 Å². The molecule has 7 heteroatoms. The number of aliphatic imine (C=N–C) groups is 2. The molecule has 1 unspecified atom stereocenters. The second-order valence-corrected chi connectivity index (χ2v) is 7.87. The van der Waals surface area contributed by atoms with Gasteiger partial charge < -0.3 is 5.32 Å². The molecule has 28 heavy (non-hydrogen) atoms. The molecule has 6 nitrogen and oxygen atoms in total. The lowest BCUT2D eigenvalue weighted by Crippen LogP contribution is -2.42. The lowest BCUT2D eigenvalue weighted by Gasteiger charge is -2.25. The number of hydrogen-bond acceptors (Lipinski definition) is 5. The Morgan fingerprint density at radius 3 is 2.61 bits per heavy atom. The first-order valence-electron chi connectivity index (χ1n) is 9.12. The van der Waals surface area contributed by atoms with Crippen molar-refractivity contribution in [2.24, 2.45) is 15.9 Å². The molecule has 0 bridgehead atoms. The third kappa shape index (κ3) is 3.45. The maximum Gasteiger partial charge on any atom is 0.259 e. The molecule has 1 atom stereocenters. The van der Waals surface area contributed by atoms with Gasteiger partial charge in [-0.1, -0.05) is 55.9 Å². The molecule has 0 aliphatic carbocycles. The van der Waals surface area contributed by atoms with Gasteiger partial charge in [-0.05, 0) is 30.2 Å². The summed E-state index contributed by atoms with van der Waals surface area (Å²) < 4.78 is 0. The summed E-state index contributed by atoms with van der Waals surface area (Å²) in [5.41, 5.74) is 2.35. The number of fused-ring (bicyclic) bond motifs is 3. The predicted octanol–water partition coefficient (Wildman–Crippen LogP) is 3.67. The monoisotopic (exact) mass is 392 g/mol. The van der Waals surface area contributed by atoms with Crippen LogP contribution in [0.2, 0.25) is 0 Å². The zero-order valence-corrected chi connectivity index (χ0v) is 16.4. The molecule has 2 aliphatic heterocycles. The van der Waals surface area contributed by atoms with E-state index in [9.17, 15) is 9.59 Å². The van der Waals surface area contributed by atoms with Crippen molar-refractivity contribution in [2.45, 2.75) is 19.9 Å². The van der Waals surface area contributed by atoms with Crippen molar-refractivity contribution in [2.75, 3.05) is 11.1 Å². The van der Waals surface area contributed by atoms with E-state index in [2.05, 4.69) is 15.3 Å². The van der Waals surface area contributed by atoms with Crippen molar-refractivity contribution in [3.05, 3.63) is 60.2 Å². The molecule has 2 aromatic rings. The van der Waals surface area contributed by atoms with Crippen LogP contribution in [0.15, 0.2) is 64.6 Å². The Labute approximate surface area is 167 Å². The molecular formula is C21H20N4O2S. The summed E-state index contributed by atoms with van der Waals surface area (Å²) in [6, 6.07) is 16.5. The molecule has 0 saturated carbocycles. The number of para-hydroxylation sites is 2. The van der Waals surface area contributed by atoms with Crippen LogP contribution >= 0.6 is 11.8 Å². The van der Waals surface area contributed by atoms with Crippen molar-refractivity contribution in [1.82, 2.24) is 4.90 Å². The summed E-state index contributed by atoms with van der Waals surface area (Å²) in [7, 11) is 0. The van der Waals surface area contributed by atoms with Crippen molar-refractivity contribution < 1.29 is 9.59 Å². The highest BCUT2D eigenvalue weighted by Crippen LogP contribution is 2.34. The smallest absolute Gasteiger partial charge is 0.259 e. The minimum Gasteiger partial charge on any atom is -0.325 e. The molecule has 2 aromatic carbocycles. The fraction of sp³-hybridized carbons (Fsp3) is 0.238. The minimum absolute atomic E-state index is 0.0883. The van der Waals surface area contributed by atoms with Crippen molar-refractivity contribution >= 4 is 46.0 Å². The third-order valence-corrected chi connectivity index (χ3v) is 5.46. The first-order chi connectivity index (χ1) is 13.5. The zero-order chi connectivity index (χ0) is 19.7. The number of amidine groups is 2. The van der Waals surface area contributed by atoms with E-state index < -0.39 is 6.04 Å². The van der Waals surface area contributed by atoms with Gasteiger partial charge in [0, 0.05) is 11.3 Å². The Bertz CT molecular complexity index is 985. The summed E-state index contributed by atoms with van der Waals surface area (Å²) in [6.07, 6.45) is 0. The van der Waals surface area contributed by atoms with Crippen molar-refractivity contribution in [3.8, 4) is 0 Å². The number of carbonyl (C=O) groups is 2. The van der Waals surface area contributed by atoms with Crippen molar-refractivity contribution in [3.63, 3.8) is 0 Å². The van der Waals surface area contributed by atoms with Gasteiger partial charge in [-0.3, -0.25) is 14.6 Å². The molecule has 1 N–H and O–H groups in total. The average Bonchev–Trinajstić information content (AvgIpc) is 3.05. The topological polar surface area (TPSA) is 74.1 Å². The largest absolute Gasteiger partial charge is 0.325 e. The highest BCUT2D eigenvalue weighted by Gasteiger charge is 2.42. The molecule has 0 spiro atoms. The fourth-order valence-electron chi connectivity index (χ4n) is 3.15. The minimum atomic E-state index is -0.426. The normalized spacial score (nSPS) is 17.8. The van der Waals surface area contributed by atoms with Crippen LogP contribution < -0.4 is 5.32 Å². The highest BCUT2D eigenvalue weighted by molar-refractivity contribution is 8.14. The summed E-state index contributed by atoms with van der Waals surface area (Å²) >= 11 is 1.24. The number of thioether (sulfide) groups is 1. The predicted molar refractivity (Wildman–Crippen MR) is 113 cm³/mol. The Morgan fingerprint density at radius 2 is 1.86 bits per heavy atom. The number of rotatable bonds is 4. The standard InChI is InChI=1S/C21H20N4O2S/c1-13(2)18-20(27)25-19(24-18)15-10-6-7-11-16(15)23-21(25)28-12-17(26)22-14-8-4-3-5-9-14/h3-11,13,18H,12H2,1-2H3,(H,22,26). The number of nitrogens with one attached hydrogen (secondary N) is 1. The highest BCUT2D eigenvalue weighted by atomic mass is 32.2. The average molecular weight is 392 g/mol. The quantitative estimate of drug-likeness (QED) is 0.863. The van der Waals surface area contributed by atoms with Crippen LogP contribution in [0, 0.1) is 5.92 Å². The van der Waals surface area contributed by atoms with Crippen LogP contribution in [0.1, 0.15) is 19.4 Å². The van der Waals surface area contributed by atoms with Crippen LogP contribution in [0.5, 0.6) is 0 Å². The van der Waals surface area contributed by atoms with Crippen LogP contribution in [0.4, 0.5) is 11.4 Å². The van der Waals surface area contributed by atoms with Crippen molar-refractivity contribution in [1.29, 1.82) is 0 Å². The molecule has 142 valence electrons. The maximum absolute atomic E-state index is 13.0. The Kier molecular flexibility index (Phi) is 5.00. The Morgan fingerprint density at radius 1 is 1.14 bits per heavy atom. The second kappa shape index (κ2) is 7.59. The summed E-state index contributed by atoms with van der Waals surface area (Å²) in [5.74, 6) is 0.627. The van der Waals surface area contributed by atoms with Crippen LogP contribution in [-0.2, 0) is 9.59 Å². The number of amides is 2. The van der Waals surface area contributed by atoms with E-state index in [-0.39, 0.29) is 23.5 Å². The molecule has 0 saturated heterocycles. The van der Waals surface area contributed by atoms with Crippen LogP contribution in [0.25, 0.3) is 0 Å².